The van der Waals surface area contributed by atoms with Gasteiger partial charge in [0.15, 0.2) is 4.84 Å². The number of carbonyl (C=O) groups excluding carboxylic acids is 1. The van der Waals surface area contributed by atoms with Crippen molar-refractivity contribution in [2.45, 2.75) is 24.1 Å². The van der Waals surface area contributed by atoms with Gasteiger partial charge in [0.25, 0.3) is 5.91 Å². The maximum absolute atomic E-state index is 11.2. The zero-order valence-electron chi connectivity index (χ0n) is 6.22. The second-order valence-electron chi connectivity index (χ2n) is 2.69. The number of halogens is 2. The van der Waals surface area contributed by atoms with Crippen LogP contribution in [0.2, 0.25) is 0 Å². The van der Waals surface area contributed by atoms with Crippen molar-refractivity contribution >= 4 is 29.1 Å². The van der Waals surface area contributed by atoms with E-state index in [1.54, 1.807) is 4.90 Å². The second-order valence-corrected chi connectivity index (χ2v) is 3.78. The van der Waals surface area contributed by atoms with Gasteiger partial charge >= 0.3 is 0 Å². The number of amides is 1. The van der Waals surface area contributed by atoms with Crippen molar-refractivity contribution in [1.29, 1.82) is 0 Å². The van der Waals surface area contributed by atoms with Crippen molar-refractivity contribution in [3.8, 4) is 0 Å². The Kier molecular flexibility index (Phi) is 3.46. The van der Waals surface area contributed by atoms with Crippen molar-refractivity contribution < 1.29 is 4.79 Å². The maximum atomic E-state index is 11.2. The van der Waals surface area contributed by atoms with Gasteiger partial charge in [0.1, 0.15) is 0 Å². The lowest BCUT2D eigenvalue weighted by Gasteiger charge is -2.26. The van der Waals surface area contributed by atoms with Crippen molar-refractivity contribution in [2.75, 3.05) is 13.1 Å². The van der Waals surface area contributed by atoms with E-state index in [2.05, 4.69) is 0 Å². The molecule has 0 spiro atoms. The Morgan fingerprint density at radius 1 is 1.18 bits per heavy atom. The molecule has 1 rings (SSSR count). The molecule has 0 unspecified atom stereocenters. The molecule has 2 nitrogen and oxygen atoms in total. The topological polar surface area (TPSA) is 20.3 Å². The highest BCUT2D eigenvalue weighted by Gasteiger charge is 2.21. The molecule has 1 heterocycles. The van der Waals surface area contributed by atoms with Crippen LogP contribution in [-0.4, -0.2) is 28.7 Å². The quantitative estimate of drug-likeness (QED) is 0.585. The molecule has 0 aromatic rings. The maximum Gasteiger partial charge on any atom is 0.255 e. The summed E-state index contributed by atoms with van der Waals surface area (Å²) >= 11 is 10.9. The van der Waals surface area contributed by atoms with Gasteiger partial charge in [-0.1, -0.05) is 23.2 Å². The molecule has 1 aliphatic heterocycles. The van der Waals surface area contributed by atoms with Gasteiger partial charge in [-0.05, 0) is 19.3 Å². The molecule has 4 heteroatoms. The molecule has 0 aromatic carbocycles. The van der Waals surface area contributed by atoms with Gasteiger partial charge in [0.2, 0.25) is 0 Å². The van der Waals surface area contributed by atoms with Crippen LogP contribution in [0.5, 0.6) is 0 Å². The molecular weight excluding hydrogens is 185 g/mol. The van der Waals surface area contributed by atoms with Crippen LogP contribution < -0.4 is 0 Å². The van der Waals surface area contributed by atoms with E-state index in [1.807, 2.05) is 0 Å². The summed E-state index contributed by atoms with van der Waals surface area (Å²) in [7, 11) is 0. The number of carbonyl (C=O) groups is 1. The summed E-state index contributed by atoms with van der Waals surface area (Å²) in [6, 6.07) is 0. The number of likely N-dealkylation sites (tertiary alicyclic amines) is 1. The summed E-state index contributed by atoms with van der Waals surface area (Å²) in [6.45, 7) is 1.63. The Balaban J connectivity index is 2.39. The highest BCUT2D eigenvalue weighted by molar-refractivity contribution is 6.53. The Bertz CT molecular complexity index is 143. The molecule has 64 valence electrons. The molecular formula is C7H11Cl2NO. The van der Waals surface area contributed by atoms with Gasteiger partial charge in [0.05, 0.1) is 0 Å². The zero-order valence-corrected chi connectivity index (χ0v) is 7.74. The van der Waals surface area contributed by atoms with Gasteiger partial charge in [-0.3, -0.25) is 4.79 Å². The minimum Gasteiger partial charge on any atom is -0.340 e. The van der Waals surface area contributed by atoms with Crippen molar-refractivity contribution in [3.05, 3.63) is 0 Å². The zero-order chi connectivity index (χ0) is 8.27. The Hall–Kier alpha value is 0.0500. The lowest BCUT2D eigenvalue weighted by atomic mass is 10.1. The van der Waals surface area contributed by atoms with Gasteiger partial charge in [-0.2, -0.15) is 0 Å². The summed E-state index contributed by atoms with van der Waals surface area (Å²) in [4.78, 5) is 12.0. The van der Waals surface area contributed by atoms with E-state index in [0.717, 1.165) is 25.9 Å². The van der Waals surface area contributed by atoms with Gasteiger partial charge in [-0.15, -0.1) is 0 Å². The van der Waals surface area contributed by atoms with E-state index in [1.165, 1.54) is 6.42 Å². The highest BCUT2D eigenvalue weighted by atomic mass is 35.5. The van der Waals surface area contributed by atoms with Gasteiger partial charge in [-0.25, -0.2) is 0 Å². The first-order chi connectivity index (χ1) is 5.22. The fraction of sp³-hybridized carbons (Fsp3) is 0.857. The summed E-state index contributed by atoms with van der Waals surface area (Å²) in [5, 5.41) is 0. The normalized spacial score (nSPS) is 19.0. The van der Waals surface area contributed by atoms with E-state index in [4.69, 9.17) is 23.2 Å². The predicted molar refractivity (Wildman–Crippen MR) is 45.9 cm³/mol. The third kappa shape index (κ3) is 2.53. The fourth-order valence-electron chi connectivity index (χ4n) is 1.25. The minimum absolute atomic E-state index is 0.145. The van der Waals surface area contributed by atoms with E-state index >= 15 is 0 Å². The van der Waals surface area contributed by atoms with E-state index in [9.17, 15) is 4.79 Å². The number of hydrogen-bond donors (Lipinski definition) is 0. The van der Waals surface area contributed by atoms with E-state index < -0.39 is 4.84 Å². The largest absolute Gasteiger partial charge is 0.340 e. The molecule has 1 saturated heterocycles. The molecule has 0 aromatic heterocycles. The highest BCUT2D eigenvalue weighted by Crippen LogP contribution is 2.13. The van der Waals surface area contributed by atoms with Crippen LogP contribution in [0.15, 0.2) is 0 Å². The van der Waals surface area contributed by atoms with Gasteiger partial charge < -0.3 is 4.90 Å². The van der Waals surface area contributed by atoms with Crippen LogP contribution in [-0.2, 0) is 4.79 Å². The molecule has 0 radical (unpaired) electrons. The molecule has 0 N–H and O–H groups in total. The lowest BCUT2D eigenvalue weighted by molar-refractivity contribution is -0.130. The first-order valence-corrected chi connectivity index (χ1v) is 4.66. The first kappa shape index (κ1) is 9.14. The summed E-state index contributed by atoms with van der Waals surface area (Å²) in [5.41, 5.74) is 0. The Morgan fingerprint density at radius 3 is 2.18 bits per heavy atom. The molecule has 1 amide bonds. The average molecular weight is 196 g/mol. The van der Waals surface area contributed by atoms with Crippen LogP contribution in [0.4, 0.5) is 0 Å². The number of piperidine rings is 1. The number of rotatable bonds is 1. The van der Waals surface area contributed by atoms with Crippen LogP contribution in [0.3, 0.4) is 0 Å². The standard InChI is InChI=1S/C7H11Cl2NO/c8-6(9)7(11)10-4-2-1-3-5-10/h6H,1-5H2. The van der Waals surface area contributed by atoms with Crippen molar-refractivity contribution in [2.24, 2.45) is 0 Å². The number of alkyl halides is 2. The fourth-order valence-corrected chi connectivity index (χ4v) is 1.53. The number of hydrogen-bond acceptors (Lipinski definition) is 1. The summed E-state index contributed by atoms with van der Waals surface area (Å²) in [5.74, 6) is -0.145. The van der Waals surface area contributed by atoms with Crippen LogP contribution in [0, 0.1) is 0 Å². The summed E-state index contributed by atoms with van der Waals surface area (Å²) < 4.78 is 0. The smallest absolute Gasteiger partial charge is 0.255 e. The van der Waals surface area contributed by atoms with Crippen LogP contribution in [0.1, 0.15) is 19.3 Å². The van der Waals surface area contributed by atoms with Crippen molar-refractivity contribution in [3.63, 3.8) is 0 Å². The first-order valence-electron chi connectivity index (χ1n) is 3.79. The predicted octanol–water partition coefficient (Wildman–Crippen LogP) is 1.80. The average Bonchev–Trinajstić information content (AvgIpc) is 2.05. The Morgan fingerprint density at radius 2 is 1.73 bits per heavy atom. The second kappa shape index (κ2) is 4.17. The third-order valence-electron chi connectivity index (χ3n) is 1.85. The minimum atomic E-state index is -0.881. The SMILES string of the molecule is O=C(C(Cl)Cl)N1CCCCC1. The number of nitrogens with zero attached hydrogens (tertiary/aromatic N) is 1. The molecule has 1 fully saturated rings. The molecule has 0 bridgehead atoms. The molecule has 0 saturated carbocycles. The molecule has 1 aliphatic rings. The molecule has 11 heavy (non-hydrogen) atoms. The lowest BCUT2D eigenvalue weighted by Crippen LogP contribution is -2.38. The van der Waals surface area contributed by atoms with E-state index in [-0.39, 0.29) is 5.91 Å². The van der Waals surface area contributed by atoms with E-state index in [0.29, 0.717) is 0 Å². The van der Waals surface area contributed by atoms with Crippen LogP contribution in [0.25, 0.3) is 0 Å². The molecule has 0 atom stereocenters. The summed E-state index contributed by atoms with van der Waals surface area (Å²) in [6.07, 6.45) is 3.36. The Labute approximate surface area is 76.5 Å². The van der Waals surface area contributed by atoms with Crippen molar-refractivity contribution in [1.82, 2.24) is 4.90 Å². The third-order valence-corrected chi connectivity index (χ3v) is 2.23. The van der Waals surface area contributed by atoms with Gasteiger partial charge in [0, 0.05) is 13.1 Å². The van der Waals surface area contributed by atoms with Crippen LogP contribution >= 0.6 is 23.2 Å². The monoisotopic (exact) mass is 195 g/mol. The molecule has 0 aliphatic carbocycles.